The van der Waals surface area contributed by atoms with Crippen molar-refractivity contribution in [3.05, 3.63) is 50.1 Å². The molecule has 20 heavy (non-hydrogen) atoms. The number of hydrogen-bond acceptors (Lipinski definition) is 4. The molecular formula is C13H11BrO4S2. The van der Waals surface area contributed by atoms with Gasteiger partial charge in [-0.3, -0.25) is 0 Å². The van der Waals surface area contributed by atoms with Gasteiger partial charge in [-0.1, -0.05) is 22.0 Å². The zero-order valence-electron chi connectivity index (χ0n) is 10.5. The molecule has 1 N–H and O–H groups in total. The fourth-order valence-electron chi connectivity index (χ4n) is 1.72. The van der Waals surface area contributed by atoms with Crippen LogP contribution in [0.2, 0.25) is 0 Å². The number of carboxylic acids is 1. The molecule has 106 valence electrons. The van der Waals surface area contributed by atoms with Gasteiger partial charge in [0, 0.05) is 9.35 Å². The molecule has 0 bridgehead atoms. The van der Waals surface area contributed by atoms with Crippen molar-refractivity contribution in [3.8, 4) is 0 Å². The Kier molecular flexibility index (Phi) is 4.31. The monoisotopic (exact) mass is 374 g/mol. The SMILES string of the molecule is Cc1sc(C(=O)O)cc1CS(=O)(=O)c1cccc(Br)c1. The Morgan fingerprint density at radius 3 is 2.60 bits per heavy atom. The lowest BCUT2D eigenvalue weighted by molar-refractivity contribution is 0.0702. The number of thiophene rings is 1. The van der Waals surface area contributed by atoms with Gasteiger partial charge in [-0.25, -0.2) is 13.2 Å². The highest BCUT2D eigenvalue weighted by atomic mass is 79.9. The standard InChI is InChI=1S/C13H11BrO4S2/c1-8-9(5-12(19-8)13(15)16)7-20(17,18)11-4-2-3-10(14)6-11/h2-6H,7H2,1H3,(H,15,16). The summed E-state index contributed by atoms with van der Waals surface area (Å²) in [7, 11) is -3.49. The average Bonchev–Trinajstić information content (AvgIpc) is 2.70. The van der Waals surface area contributed by atoms with Crippen LogP contribution in [0.15, 0.2) is 39.7 Å². The van der Waals surface area contributed by atoms with Crippen molar-refractivity contribution < 1.29 is 18.3 Å². The van der Waals surface area contributed by atoms with Gasteiger partial charge in [0.1, 0.15) is 4.88 Å². The first-order chi connectivity index (χ1) is 9.29. The van der Waals surface area contributed by atoms with E-state index in [-0.39, 0.29) is 15.5 Å². The van der Waals surface area contributed by atoms with Gasteiger partial charge >= 0.3 is 5.97 Å². The molecule has 0 aliphatic heterocycles. The highest BCUT2D eigenvalue weighted by Gasteiger charge is 2.20. The van der Waals surface area contributed by atoms with E-state index in [1.165, 1.54) is 18.2 Å². The first kappa shape index (κ1) is 15.2. The second-order valence-corrected chi connectivity index (χ2v) is 8.38. The maximum absolute atomic E-state index is 12.3. The summed E-state index contributed by atoms with van der Waals surface area (Å²) in [5.41, 5.74) is 0.535. The summed E-state index contributed by atoms with van der Waals surface area (Å²) < 4.78 is 25.3. The van der Waals surface area contributed by atoms with Gasteiger partial charge in [0.2, 0.25) is 0 Å². The lowest BCUT2D eigenvalue weighted by atomic mass is 10.3. The number of rotatable bonds is 4. The lowest BCUT2D eigenvalue weighted by Gasteiger charge is -2.04. The molecule has 0 amide bonds. The Balaban J connectivity index is 2.36. The number of carbonyl (C=O) groups is 1. The summed E-state index contributed by atoms with van der Waals surface area (Å²) in [6.45, 7) is 1.73. The molecule has 0 fully saturated rings. The smallest absolute Gasteiger partial charge is 0.345 e. The van der Waals surface area contributed by atoms with Crippen molar-refractivity contribution in [1.82, 2.24) is 0 Å². The van der Waals surface area contributed by atoms with Crippen LogP contribution in [0.1, 0.15) is 20.1 Å². The van der Waals surface area contributed by atoms with E-state index < -0.39 is 15.8 Å². The van der Waals surface area contributed by atoms with Crippen molar-refractivity contribution in [3.63, 3.8) is 0 Å². The van der Waals surface area contributed by atoms with Gasteiger partial charge in [-0.15, -0.1) is 11.3 Å². The molecule has 1 aromatic heterocycles. The third-order valence-corrected chi connectivity index (χ3v) is 5.97. The Morgan fingerprint density at radius 2 is 2.05 bits per heavy atom. The maximum Gasteiger partial charge on any atom is 0.345 e. The van der Waals surface area contributed by atoms with Gasteiger partial charge in [-0.2, -0.15) is 0 Å². The van der Waals surface area contributed by atoms with E-state index in [1.54, 1.807) is 19.1 Å². The number of benzene rings is 1. The van der Waals surface area contributed by atoms with E-state index in [2.05, 4.69) is 15.9 Å². The summed E-state index contributed by atoms with van der Waals surface area (Å²) in [5.74, 6) is -1.23. The first-order valence-electron chi connectivity index (χ1n) is 5.60. The predicted molar refractivity (Wildman–Crippen MR) is 81.0 cm³/mol. The lowest BCUT2D eigenvalue weighted by Crippen LogP contribution is -2.05. The highest BCUT2D eigenvalue weighted by molar-refractivity contribution is 9.10. The Morgan fingerprint density at radius 1 is 1.35 bits per heavy atom. The Bertz CT molecular complexity index is 762. The molecule has 0 saturated carbocycles. The van der Waals surface area contributed by atoms with Crippen LogP contribution in [0.25, 0.3) is 0 Å². The molecule has 0 aliphatic carbocycles. The third-order valence-electron chi connectivity index (χ3n) is 2.73. The molecule has 0 atom stereocenters. The summed E-state index contributed by atoms with van der Waals surface area (Å²) in [6.07, 6.45) is 0. The zero-order valence-corrected chi connectivity index (χ0v) is 13.7. The van der Waals surface area contributed by atoms with E-state index in [9.17, 15) is 13.2 Å². The van der Waals surface area contributed by atoms with Crippen LogP contribution in [0, 0.1) is 6.92 Å². The van der Waals surface area contributed by atoms with Crippen molar-refractivity contribution in [2.24, 2.45) is 0 Å². The molecule has 1 aromatic carbocycles. The van der Waals surface area contributed by atoms with Crippen LogP contribution in [-0.2, 0) is 15.6 Å². The number of halogens is 1. The Labute approximate surface area is 129 Å². The minimum absolute atomic E-state index is 0.155. The van der Waals surface area contributed by atoms with Gasteiger partial charge < -0.3 is 5.11 Å². The molecule has 7 heteroatoms. The molecule has 0 saturated heterocycles. The van der Waals surface area contributed by atoms with E-state index in [4.69, 9.17) is 5.11 Å². The van der Waals surface area contributed by atoms with Crippen LogP contribution in [-0.4, -0.2) is 19.5 Å². The molecule has 2 rings (SSSR count). The van der Waals surface area contributed by atoms with Crippen molar-refractivity contribution >= 4 is 43.1 Å². The number of carboxylic acid groups (broad SMARTS) is 1. The van der Waals surface area contributed by atoms with Crippen LogP contribution < -0.4 is 0 Å². The zero-order chi connectivity index (χ0) is 14.9. The third kappa shape index (κ3) is 3.28. The summed E-state index contributed by atoms with van der Waals surface area (Å²) in [4.78, 5) is 12.0. The van der Waals surface area contributed by atoms with Gasteiger partial charge in [-0.05, 0) is 36.8 Å². The van der Waals surface area contributed by atoms with E-state index in [0.29, 0.717) is 14.9 Å². The van der Waals surface area contributed by atoms with Crippen LogP contribution in [0.3, 0.4) is 0 Å². The second kappa shape index (κ2) is 5.67. The molecule has 1 heterocycles. The molecular weight excluding hydrogens is 364 g/mol. The van der Waals surface area contributed by atoms with E-state index in [0.717, 1.165) is 11.3 Å². The molecule has 0 radical (unpaired) electrons. The maximum atomic E-state index is 12.3. The largest absolute Gasteiger partial charge is 0.477 e. The molecule has 0 spiro atoms. The van der Waals surface area contributed by atoms with Crippen molar-refractivity contribution in [1.29, 1.82) is 0 Å². The van der Waals surface area contributed by atoms with Crippen molar-refractivity contribution in [2.45, 2.75) is 17.6 Å². The quantitative estimate of drug-likeness (QED) is 0.888. The molecule has 0 aliphatic rings. The number of aromatic carboxylic acids is 1. The second-order valence-electron chi connectivity index (χ2n) is 4.21. The minimum atomic E-state index is -3.49. The minimum Gasteiger partial charge on any atom is -0.477 e. The molecule has 4 nitrogen and oxygen atoms in total. The molecule has 2 aromatic rings. The fraction of sp³-hybridized carbons (Fsp3) is 0.154. The normalized spacial score (nSPS) is 11.5. The Hall–Kier alpha value is -1.18. The summed E-state index contributed by atoms with van der Waals surface area (Å²) in [5, 5.41) is 8.93. The first-order valence-corrected chi connectivity index (χ1v) is 8.87. The van der Waals surface area contributed by atoms with E-state index >= 15 is 0 Å². The predicted octanol–water partition coefficient (Wildman–Crippen LogP) is 3.49. The van der Waals surface area contributed by atoms with Gasteiger partial charge in [0.15, 0.2) is 9.84 Å². The summed E-state index contributed by atoms with van der Waals surface area (Å²) >= 11 is 4.33. The average molecular weight is 375 g/mol. The van der Waals surface area contributed by atoms with Crippen molar-refractivity contribution in [2.75, 3.05) is 0 Å². The number of aryl methyl sites for hydroxylation is 1. The van der Waals surface area contributed by atoms with Gasteiger partial charge in [0.05, 0.1) is 10.6 Å². The molecule has 0 unspecified atom stereocenters. The van der Waals surface area contributed by atoms with Crippen LogP contribution in [0.4, 0.5) is 0 Å². The topological polar surface area (TPSA) is 71.4 Å². The number of hydrogen-bond donors (Lipinski definition) is 1. The highest BCUT2D eigenvalue weighted by Crippen LogP contribution is 2.26. The van der Waals surface area contributed by atoms with Gasteiger partial charge in [0.25, 0.3) is 0 Å². The summed E-state index contributed by atoms with van der Waals surface area (Å²) in [6, 6.07) is 7.89. The van der Waals surface area contributed by atoms with E-state index in [1.807, 2.05) is 0 Å². The van der Waals surface area contributed by atoms with Crippen LogP contribution in [0.5, 0.6) is 0 Å². The number of sulfone groups is 1. The fourth-order valence-corrected chi connectivity index (χ4v) is 4.71. The van der Waals surface area contributed by atoms with Crippen LogP contribution >= 0.6 is 27.3 Å².